The van der Waals surface area contributed by atoms with Crippen molar-refractivity contribution in [1.82, 2.24) is 9.62 Å². The lowest BCUT2D eigenvalue weighted by molar-refractivity contribution is -0.154. The molecule has 2 bridgehead atoms. The maximum Gasteiger partial charge on any atom is 0.264 e. The van der Waals surface area contributed by atoms with Crippen molar-refractivity contribution in [3.8, 4) is 5.75 Å². The molecule has 2 fully saturated rings. The van der Waals surface area contributed by atoms with Gasteiger partial charge in [-0.1, -0.05) is 31.0 Å². The van der Waals surface area contributed by atoms with E-state index in [1.54, 1.807) is 30.0 Å². The van der Waals surface area contributed by atoms with E-state index in [9.17, 15) is 23.1 Å². The fourth-order valence-electron chi connectivity index (χ4n) is 9.42. The van der Waals surface area contributed by atoms with Gasteiger partial charge in [0.05, 0.1) is 29.1 Å². The molecule has 7 atom stereocenters. The van der Waals surface area contributed by atoms with Crippen LogP contribution >= 0.6 is 11.6 Å². The van der Waals surface area contributed by atoms with E-state index in [0.29, 0.717) is 62.7 Å². The smallest absolute Gasteiger partial charge is 0.264 e. The fourth-order valence-corrected chi connectivity index (χ4v) is 10.9. The predicted octanol–water partition coefficient (Wildman–Crippen LogP) is 5.32. The van der Waals surface area contributed by atoms with Gasteiger partial charge >= 0.3 is 0 Å². The second-order valence-electron chi connectivity index (χ2n) is 15.4. The topological polar surface area (TPSA) is 116 Å². The Morgan fingerprint density at radius 1 is 1.02 bits per heavy atom. The summed E-state index contributed by atoms with van der Waals surface area (Å²) in [7, 11) is -2.18. The van der Waals surface area contributed by atoms with Crippen molar-refractivity contribution in [2.75, 3.05) is 38.2 Å². The highest BCUT2D eigenvalue weighted by Gasteiger charge is 2.55. The average molecular weight is 698 g/mol. The molecule has 2 amide bonds. The second kappa shape index (κ2) is 12.5. The van der Waals surface area contributed by atoms with Crippen molar-refractivity contribution in [1.29, 1.82) is 0 Å². The SMILES string of the molecule is C[C@@H]1[C@@H](C)CCC[C@](O)([C@H]2CCN(C)C2=O)[C@@H]2CC[C@H]2CN2C[C@@]3(CCCc4cc(Cl)ccc43)COc3ccc(cc32)C(=O)NS1(=O)=O. The molecule has 0 radical (unpaired) electrons. The van der Waals surface area contributed by atoms with Crippen LogP contribution in [0.5, 0.6) is 5.75 Å². The summed E-state index contributed by atoms with van der Waals surface area (Å²) in [5, 5.41) is 12.6. The Morgan fingerprint density at radius 2 is 1.83 bits per heavy atom. The Bertz CT molecular complexity index is 1720. The molecule has 5 aliphatic rings. The fraction of sp³-hybridized carbons (Fsp3) is 0.622. The number of fused-ring (bicyclic) bond motifs is 4. The molecule has 260 valence electrons. The Labute approximate surface area is 289 Å². The molecular weight excluding hydrogens is 650 g/mol. The summed E-state index contributed by atoms with van der Waals surface area (Å²) in [6.07, 6.45) is 6.83. The van der Waals surface area contributed by atoms with E-state index < -0.39 is 32.7 Å². The van der Waals surface area contributed by atoms with Crippen LogP contribution in [-0.4, -0.2) is 74.4 Å². The number of aliphatic hydroxyl groups is 1. The summed E-state index contributed by atoms with van der Waals surface area (Å²) >= 11 is 6.44. The number of benzene rings is 2. The highest BCUT2D eigenvalue weighted by atomic mass is 35.5. The number of nitrogens with zero attached hydrogens (tertiary/aromatic N) is 2. The van der Waals surface area contributed by atoms with Gasteiger partial charge in [0.2, 0.25) is 15.9 Å². The maximum atomic E-state index is 13.5. The van der Waals surface area contributed by atoms with Crippen molar-refractivity contribution in [2.24, 2.45) is 23.7 Å². The summed E-state index contributed by atoms with van der Waals surface area (Å²) in [6, 6.07) is 11.3. The molecule has 2 aromatic carbocycles. The first-order valence-electron chi connectivity index (χ1n) is 17.7. The van der Waals surface area contributed by atoms with Crippen LogP contribution in [0.2, 0.25) is 5.02 Å². The van der Waals surface area contributed by atoms with E-state index in [1.807, 2.05) is 20.0 Å². The molecule has 1 spiro atoms. The molecule has 2 N–H and O–H groups in total. The Balaban J connectivity index is 1.32. The number of anilines is 1. The largest absolute Gasteiger partial charge is 0.490 e. The number of amides is 2. The molecule has 9 nitrogen and oxygen atoms in total. The quantitative estimate of drug-likeness (QED) is 0.415. The van der Waals surface area contributed by atoms with E-state index in [1.165, 1.54) is 11.1 Å². The second-order valence-corrected chi connectivity index (χ2v) is 17.8. The van der Waals surface area contributed by atoms with Crippen LogP contribution in [0.25, 0.3) is 0 Å². The number of nitrogens with one attached hydrogen (secondary N) is 1. The number of sulfonamides is 1. The zero-order chi connectivity index (χ0) is 34.0. The first-order valence-corrected chi connectivity index (χ1v) is 19.6. The van der Waals surface area contributed by atoms with Crippen molar-refractivity contribution >= 4 is 39.1 Å². The highest BCUT2D eigenvalue weighted by Crippen LogP contribution is 2.52. The van der Waals surface area contributed by atoms with Crippen LogP contribution in [0.1, 0.15) is 86.7 Å². The molecule has 7 rings (SSSR count). The highest BCUT2D eigenvalue weighted by molar-refractivity contribution is 7.90. The van der Waals surface area contributed by atoms with Gasteiger partial charge in [-0.25, -0.2) is 13.1 Å². The molecule has 1 saturated carbocycles. The number of hydrogen-bond acceptors (Lipinski definition) is 7. The lowest BCUT2D eigenvalue weighted by atomic mass is 9.59. The summed E-state index contributed by atoms with van der Waals surface area (Å²) in [4.78, 5) is 31.0. The van der Waals surface area contributed by atoms with Crippen LogP contribution < -0.4 is 14.4 Å². The van der Waals surface area contributed by atoms with Gasteiger partial charge in [0.15, 0.2) is 0 Å². The molecule has 2 aliphatic carbocycles. The summed E-state index contributed by atoms with van der Waals surface area (Å²) < 4.78 is 35.9. The minimum absolute atomic E-state index is 0.00107. The van der Waals surface area contributed by atoms with Gasteiger partial charge in [-0.15, -0.1) is 0 Å². The van der Waals surface area contributed by atoms with Crippen LogP contribution in [0, 0.1) is 23.7 Å². The molecule has 1 saturated heterocycles. The average Bonchev–Trinajstić information content (AvgIpc) is 3.29. The van der Waals surface area contributed by atoms with Crippen LogP contribution in [-0.2, 0) is 26.7 Å². The van der Waals surface area contributed by atoms with Crippen molar-refractivity contribution in [3.63, 3.8) is 0 Å². The molecular formula is C37H48ClN3O6S. The van der Waals surface area contributed by atoms with Gasteiger partial charge in [0.1, 0.15) is 5.75 Å². The number of rotatable bonds is 1. The van der Waals surface area contributed by atoms with E-state index in [2.05, 4.69) is 21.8 Å². The molecule has 2 aromatic rings. The lowest BCUT2D eigenvalue weighted by Crippen LogP contribution is -2.57. The van der Waals surface area contributed by atoms with Crippen LogP contribution in [0.3, 0.4) is 0 Å². The van der Waals surface area contributed by atoms with E-state index in [0.717, 1.165) is 37.8 Å². The third-order valence-electron chi connectivity index (χ3n) is 12.6. The molecule has 0 unspecified atom stereocenters. The number of carbonyl (C=O) groups is 2. The summed E-state index contributed by atoms with van der Waals surface area (Å²) in [6.45, 7) is 5.86. The van der Waals surface area contributed by atoms with E-state index in [-0.39, 0.29) is 34.6 Å². The third-order valence-corrected chi connectivity index (χ3v) is 14.8. The van der Waals surface area contributed by atoms with Crippen molar-refractivity contribution in [3.05, 3.63) is 58.1 Å². The van der Waals surface area contributed by atoms with Crippen LogP contribution in [0.15, 0.2) is 36.4 Å². The first kappa shape index (κ1) is 33.7. The number of hydrogen-bond donors (Lipinski definition) is 2. The summed E-state index contributed by atoms with van der Waals surface area (Å²) in [5.74, 6) is -0.681. The standard InChI is InChI=1S/C37H48ClN3O6S/c1-23-6-4-16-37(44,31-14-17-40(3)35(31)43)30-11-8-27(30)20-41-21-36(15-5-7-25-18-28(38)10-12-29(25)36)22-47-33-13-9-26(19-32(33)41)34(42)39-48(45,46)24(23)2/h9-10,12-13,18-19,23-24,27,30-31,44H,4-8,11,14-17,20-22H2,1-3H3,(H,39,42)/t23-,24+,27-,30+,31-,36-,37+/m0/s1. The minimum Gasteiger partial charge on any atom is -0.490 e. The Hall–Kier alpha value is -2.82. The Kier molecular flexibility index (Phi) is 8.77. The normalized spacial score (nSPS) is 35.1. The molecule has 48 heavy (non-hydrogen) atoms. The zero-order valence-electron chi connectivity index (χ0n) is 28.2. The predicted molar refractivity (Wildman–Crippen MR) is 186 cm³/mol. The number of aryl methyl sites for hydroxylation is 1. The number of halogens is 1. The van der Waals surface area contributed by atoms with Gasteiger partial charge < -0.3 is 19.6 Å². The van der Waals surface area contributed by atoms with E-state index in [4.69, 9.17) is 16.3 Å². The van der Waals surface area contributed by atoms with Crippen molar-refractivity contribution < 1.29 is 27.9 Å². The summed E-state index contributed by atoms with van der Waals surface area (Å²) in [5.41, 5.74) is 1.95. The van der Waals surface area contributed by atoms with Gasteiger partial charge in [-0.2, -0.15) is 0 Å². The maximum absolute atomic E-state index is 13.5. The Morgan fingerprint density at radius 3 is 2.56 bits per heavy atom. The molecule has 11 heteroatoms. The minimum atomic E-state index is -3.98. The molecule has 0 aromatic heterocycles. The van der Waals surface area contributed by atoms with E-state index >= 15 is 0 Å². The van der Waals surface area contributed by atoms with Gasteiger partial charge in [-0.05, 0) is 118 Å². The third kappa shape index (κ3) is 5.79. The zero-order valence-corrected chi connectivity index (χ0v) is 29.8. The molecule has 3 heterocycles. The monoisotopic (exact) mass is 697 g/mol. The first-order chi connectivity index (χ1) is 22.8. The number of carbonyl (C=O) groups excluding carboxylic acids is 2. The molecule has 3 aliphatic heterocycles. The lowest BCUT2D eigenvalue weighted by Gasteiger charge is -2.52. The van der Waals surface area contributed by atoms with Crippen LogP contribution in [0.4, 0.5) is 5.69 Å². The number of ether oxygens (including phenoxy) is 1. The van der Waals surface area contributed by atoms with Gasteiger partial charge in [0, 0.05) is 42.7 Å². The van der Waals surface area contributed by atoms with Crippen molar-refractivity contribution in [2.45, 2.75) is 87.9 Å². The van der Waals surface area contributed by atoms with Gasteiger partial charge in [0.25, 0.3) is 5.91 Å². The van der Waals surface area contributed by atoms with Gasteiger partial charge in [-0.3, -0.25) is 9.59 Å². The number of likely N-dealkylation sites (tertiary alicyclic amines) is 1.